The molecule has 1 saturated carbocycles. The first-order chi connectivity index (χ1) is 6.12. The molecular formula is C11H15NO. The largest absolute Gasteiger partial charge is 0.508 e. The van der Waals surface area contributed by atoms with Crippen molar-refractivity contribution in [1.29, 1.82) is 0 Å². The van der Waals surface area contributed by atoms with Crippen molar-refractivity contribution in [3.63, 3.8) is 0 Å². The Morgan fingerprint density at radius 1 is 1.38 bits per heavy atom. The lowest BCUT2D eigenvalue weighted by atomic mass is 9.66. The minimum Gasteiger partial charge on any atom is -0.508 e. The van der Waals surface area contributed by atoms with Crippen LogP contribution in [0.5, 0.6) is 5.75 Å². The Balaban J connectivity index is 2.31. The van der Waals surface area contributed by atoms with Gasteiger partial charge in [-0.15, -0.1) is 0 Å². The summed E-state index contributed by atoms with van der Waals surface area (Å²) < 4.78 is 0. The molecule has 3 N–H and O–H groups in total. The van der Waals surface area contributed by atoms with Crippen molar-refractivity contribution in [3.05, 3.63) is 29.8 Å². The summed E-state index contributed by atoms with van der Waals surface area (Å²) in [6.07, 6.45) is 1.95. The van der Waals surface area contributed by atoms with Crippen molar-refractivity contribution in [2.45, 2.75) is 25.3 Å². The summed E-state index contributed by atoms with van der Waals surface area (Å²) in [6.45, 7) is 2.19. The first-order valence-corrected chi connectivity index (χ1v) is 4.69. The van der Waals surface area contributed by atoms with Crippen LogP contribution in [-0.4, -0.2) is 5.11 Å². The predicted octanol–water partition coefficient (Wildman–Crippen LogP) is 1.98. The fourth-order valence-corrected chi connectivity index (χ4v) is 2.30. The van der Waals surface area contributed by atoms with Crippen LogP contribution in [0.2, 0.25) is 0 Å². The van der Waals surface area contributed by atoms with Gasteiger partial charge in [-0.1, -0.05) is 25.1 Å². The Morgan fingerprint density at radius 2 is 2.00 bits per heavy atom. The highest BCUT2D eigenvalue weighted by atomic mass is 16.3. The molecule has 0 radical (unpaired) electrons. The van der Waals surface area contributed by atoms with Crippen molar-refractivity contribution in [2.24, 2.45) is 11.7 Å². The van der Waals surface area contributed by atoms with Gasteiger partial charge in [0.1, 0.15) is 5.75 Å². The van der Waals surface area contributed by atoms with Crippen LogP contribution < -0.4 is 5.73 Å². The molecule has 2 heteroatoms. The molecule has 0 amide bonds. The molecule has 0 saturated heterocycles. The Hall–Kier alpha value is -1.02. The topological polar surface area (TPSA) is 46.2 Å². The zero-order chi connectivity index (χ0) is 9.47. The van der Waals surface area contributed by atoms with E-state index in [2.05, 4.69) is 6.92 Å². The Morgan fingerprint density at radius 3 is 2.54 bits per heavy atom. The molecule has 0 aliphatic heterocycles. The van der Waals surface area contributed by atoms with Crippen molar-refractivity contribution in [1.82, 2.24) is 0 Å². The van der Waals surface area contributed by atoms with Gasteiger partial charge >= 0.3 is 0 Å². The second-order valence-corrected chi connectivity index (χ2v) is 4.19. The average Bonchev–Trinajstić information content (AvgIpc) is 2.02. The van der Waals surface area contributed by atoms with Crippen molar-refractivity contribution in [3.8, 4) is 5.75 Å². The van der Waals surface area contributed by atoms with Gasteiger partial charge in [0.2, 0.25) is 0 Å². The third-order valence-electron chi connectivity index (χ3n) is 2.87. The number of aromatic hydroxyl groups is 1. The fraction of sp³-hybridized carbons (Fsp3) is 0.455. The summed E-state index contributed by atoms with van der Waals surface area (Å²) in [5, 5.41) is 9.62. The highest BCUT2D eigenvalue weighted by Crippen LogP contribution is 2.45. The molecule has 1 aliphatic rings. The zero-order valence-corrected chi connectivity index (χ0v) is 7.83. The lowest BCUT2D eigenvalue weighted by Gasteiger charge is -2.44. The summed E-state index contributed by atoms with van der Waals surface area (Å²) in [4.78, 5) is 0. The third kappa shape index (κ3) is 1.31. The lowest BCUT2D eigenvalue weighted by molar-refractivity contribution is 0.160. The van der Waals surface area contributed by atoms with E-state index in [1.165, 1.54) is 0 Å². The van der Waals surface area contributed by atoms with E-state index in [1.807, 2.05) is 18.2 Å². The standard InChI is InChI=1S/C11H15NO/c1-8-6-11(12,7-8)9-4-2-3-5-10(9)13/h2-5,8,13H,6-7,12H2,1H3. The van der Waals surface area contributed by atoms with Gasteiger partial charge in [-0.05, 0) is 24.8 Å². The monoisotopic (exact) mass is 177 g/mol. The number of para-hydroxylation sites is 1. The van der Waals surface area contributed by atoms with Gasteiger partial charge in [0, 0.05) is 11.1 Å². The molecule has 1 aliphatic carbocycles. The van der Waals surface area contributed by atoms with E-state index >= 15 is 0 Å². The smallest absolute Gasteiger partial charge is 0.120 e. The van der Waals surface area contributed by atoms with Gasteiger partial charge in [0.05, 0.1) is 0 Å². The number of phenols is 1. The van der Waals surface area contributed by atoms with Gasteiger partial charge in [0.25, 0.3) is 0 Å². The lowest BCUT2D eigenvalue weighted by Crippen LogP contribution is -2.47. The van der Waals surface area contributed by atoms with Gasteiger partial charge < -0.3 is 10.8 Å². The number of benzene rings is 1. The molecule has 0 spiro atoms. The van der Waals surface area contributed by atoms with Crippen LogP contribution in [0.25, 0.3) is 0 Å². The molecule has 0 unspecified atom stereocenters. The number of rotatable bonds is 1. The van der Waals surface area contributed by atoms with Gasteiger partial charge in [-0.25, -0.2) is 0 Å². The first kappa shape index (κ1) is 8.57. The molecule has 0 heterocycles. The van der Waals surface area contributed by atoms with Crippen LogP contribution in [0.4, 0.5) is 0 Å². The molecule has 1 aromatic rings. The van der Waals surface area contributed by atoms with Crippen molar-refractivity contribution >= 4 is 0 Å². The fourth-order valence-electron chi connectivity index (χ4n) is 2.30. The maximum atomic E-state index is 9.62. The third-order valence-corrected chi connectivity index (χ3v) is 2.87. The predicted molar refractivity (Wildman–Crippen MR) is 52.4 cm³/mol. The summed E-state index contributed by atoms with van der Waals surface area (Å²) in [7, 11) is 0. The molecule has 0 aromatic heterocycles. The molecule has 1 aromatic carbocycles. The zero-order valence-electron chi connectivity index (χ0n) is 7.83. The quantitative estimate of drug-likeness (QED) is 0.689. The van der Waals surface area contributed by atoms with Crippen molar-refractivity contribution < 1.29 is 5.11 Å². The molecular weight excluding hydrogens is 162 g/mol. The maximum absolute atomic E-state index is 9.62. The van der Waals surface area contributed by atoms with E-state index in [0.29, 0.717) is 11.7 Å². The highest BCUT2D eigenvalue weighted by Gasteiger charge is 2.41. The molecule has 2 rings (SSSR count). The number of hydrogen-bond acceptors (Lipinski definition) is 2. The van der Waals surface area contributed by atoms with E-state index in [0.717, 1.165) is 18.4 Å². The van der Waals surface area contributed by atoms with Gasteiger partial charge in [-0.3, -0.25) is 0 Å². The van der Waals surface area contributed by atoms with Gasteiger partial charge in [-0.2, -0.15) is 0 Å². The second kappa shape index (κ2) is 2.74. The second-order valence-electron chi connectivity index (χ2n) is 4.19. The molecule has 70 valence electrons. The molecule has 2 nitrogen and oxygen atoms in total. The summed E-state index contributed by atoms with van der Waals surface area (Å²) in [6, 6.07) is 7.37. The van der Waals surface area contributed by atoms with Crippen LogP contribution in [0.1, 0.15) is 25.3 Å². The number of hydrogen-bond donors (Lipinski definition) is 2. The van der Waals surface area contributed by atoms with E-state index in [1.54, 1.807) is 6.07 Å². The molecule has 1 fully saturated rings. The normalized spacial score (nSPS) is 32.6. The van der Waals surface area contributed by atoms with Crippen LogP contribution in [0.15, 0.2) is 24.3 Å². The molecule has 0 bridgehead atoms. The summed E-state index contributed by atoms with van der Waals surface area (Å²) >= 11 is 0. The van der Waals surface area contributed by atoms with Crippen molar-refractivity contribution in [2.75, 3.05) is 0 Å². The van der Waals surface area contributed by atoms with E-state index in [9.17, 15) is 5.11 Å². The SMILES string of the molecule is CC1CC(N)(c2ccccc2O)C1. The average molecular weight is 177 g/mol. The Labute approximate surface area is 78.4 Å². The minimum absolute atomic E-state index is 0.273. The Kier molecular flexibility index (Phi) is 1.81. The minimum atomic E-state index is -0.273. The van der Waals surface area contributed by atoms with E-state index in [4.69, 9.17) is 5.73 Å². The highest BCUT2D eigenvalue weighted by molar-refractivity contribution is 5.39. The number of phenolic OH excluding ortho intramolecular Hbond substituents is 1. The van der Waals surface area contributed by atoms with E-state index < -0.39 is 0 Å². The van der Waals surface area contributed by atoms with Crippen LogP contribution in [0, 0.1) is 5.92 Å². The summed E-state index contributed by atoms with van der Waals surface area (Å²) in [5.41, 5.74) is 6.78. The summed E-state index contributed by atoms with van der Waals surface area (Å²) in [5.74, 6) is 1.02. The molecule has 13 heavy (non-hydrogen) atoms. The van der Waals surface area contributed by atoms with Crippen LogP contribution >= 0.6 is 0 Å². The maximum Gasteiger partial charge on any atom is 0.120 e. The van der Waals surface area contributed by atoms with Crippen LogP contribution in [-0.2, 0) is 5.54 Å². The van der Waals surface area contributed by atoms with Gasteiger partial charge in [0.15, 0.2) is 0 Å². The molecule has 0 atom stereocenters. The first-order valence-electron chi connectivity index (χ1n) is 4.69. The van der Waals surface area contributed by atoms with Crippen LogP contribution in [0.3, 0.4) is 0 Å². The van der Waals surface area contributed by atoms with E-state index in [-0.39, 0.29) is 5.54 Å². The number of nitrogens with two attached hydrogens (primary N) is 1. The Bertz CT molecular complexity index is 316.